The predicted molar refractivity (Wildman–Crippen MR) is 53.6 cm³/mol. The molecule has 3 rings (SSSR count). The molecule has 2 N–H and O–H groups in total. The molecule has 0 saturated heterocycles. The van der Waals surface area contributed by atoms with Crippen molar-refractivity contribution in [3.8, 4) is 0 Å². The zero-order valence-corrected chi connectivity index (χ0v) is 7.92. The van der Waals surface area contributed by atoms with Gasteiger partial charge in [-0.15, -0.1) is 0 Å². The van der Waals surface area contributed by atoms with Crippen molar-refractivity contribution in [3.63, 3.8) is 0 Å². The third kappa shape index (κ3) is 0.976. The molecule has 2 fully saturated rings. The minimum Gasteiger partial charge on any atom is -0.401 e. The quantitative estimate of drug-likeness (QED) is 0.602. The Hall–Kier alpha value is -0.790. The van der Waals surface area contributed by atoms with Crippen molar-refractivity contribution in [1.82, 2.24) is 0 Å². The molecule has 13 heavy (non-hydrogen) atoms. The molecule has 70 valence electrons. The fourth-order valence-corrected chi connectivity index (χ4v) is 3.06. The number of hydrogen-bond acceptors (Lipinski definition) is 2. The number of dihydropyridines is 1. The van der Waals surface area contributed by atoms with Gasteiger partial charge < -0.3 is 5.73 Å². The molecule has 3 aliphatic rings. The lowest BCUT2D eigenvalue weighted by atomic mass is 9.92. The first kappa shape index (κ1) is 7.60. The van der Waals surface area contributed by atoms with Gasteiger partial charge in [-0.1, -0.05) is 6.42 Å². The Labute approximate surface area is 78.9 Å². The van der Waals surface area contributed by atoms with Crippen LogP contribution in [0.15, 0.2) is 16.3 Å². The number of aliphatic imine (C=N–C) groups is 1. The van der Waals surface area contributed by atoms with Gasteiger partial charge in [0.25, 0.3) is 0 Å². The number of allylic oxidation sites excluding steroid dienone is 1. The van der Waals surface area contributed by atoms with Gasteiger partial charge in [0, 0.05) is 17.3 Å². The number of hydrogen-bond donors (Lipinski definition) is 1. The second kappa shape index (κ2) is 2.60. The van der Waals surface area contributed by atoms with Gasteiger partial charge in [0.15, 0.2) is 0 Å². The zero-order valence-electron chi connectivity index (χ0n) is 7.92. The van der Waals surface area contributed by atoms with E-state index in [9.17, 15) is 0 Å². The lowest BCUT2D eigenvalue weighted by molar-refractivity contribution is 0.537. The summed E-state index contributed by atoms with van der Waals surface area (Å²) in [7, 11) is 0. The largest absolute Gasteiger partial charge is 0.401 e. The first-order chi connectivity index (χ1) is 6.36. The van der Waals surface area contributed by atoms with E-state index in [1.165, 1.54) is 55.5 Å². The van der Waals surface area contributed by atoms with Gasteiger partial charge >= 0.3 is 0 Å². The van der Waals surface area contributed by atoms with E-state index in [1.807, 2.05) is 0 Å². The number of nitrogens with two attached hydrogens (primary N) is 1. The molecular formula is C11H16N2. The topological polar surface area (TPSA) is 38.4 Å². The Morgan fingerprint density at radius 2 is 2.08 bits per heavy atom. The van der Waals surface area contributed by atoms with E-state index in [0.717, 1.165) is 0 Å². The first-order valence-electron chi connectivity index (χ1n) is 5.42. The van der Waals surface area contributed by atoms with Crippen molar-refractivity contribution >= 4 is 5.71 Å². The van der Waals surface area contributed by atoms with Gasteiger partial charge in [0.05, 0.1) is 6.04 Å². The molecule has 1 heterocycles. The van der Waals surface area contributed by atoms with Crippen LogP contribution in [0.2, 0.25) is 0 Å². The second-order valence-corrected chi connectivity index (χ2v) is 4.47. The molecule has 2 unspecified atom stereocenters. The molecule has 1 aliphatic heterocycles. The van der Waals surface area contributed by atoms with Crippen molar-refractivity contribution in [2.45, 2.75) is 44.6 Å². The van der Waals surface area contributed by atoms with Crippen molar-refractivity contribution in [2.75, 3.05) is 0 Å². The molecule has 2 saturated carbocycles. The average Bonchev–Trinajstić information content (AvgIpc) is 2.71. The molecule has 0 spiro atoms. The fourth-order valence-electron chi connectivity index (χ4n) is 3.06. The Morgan fingerprint density at radius 3 is 3.00 bits per heavy atom. The summed E-state index contributed by atoms with van der Waals surface area (Å²) < 4.78 is 0. The van der Waals surface area contributed by atoms with Crippen LogP contribution in [0.3, 0.4) is 0 Å². The minimum absolute atomic E-state index is 0.553. The van der Waals surface area contributed by atoms with Gasteiger partial charge in [-0.2, -0.15) is 0 Å². The van der Waals surface area contributed by atoms with Crippen LogP contribution in [0.5, 0.6) is 0 Å². The number of rotatable bonds is 0. The lowest BCUT2D eigenvalue weighted by Crippen LogP contribution is -2.27. The highest BCUT2D eigenvalue weighted by atomic mass is 14.9. The van der Waals surface area contributed by atoms with E-state index >= 15 is 0 Å². The van der Waals surface area contributed by atoms with Crippen LogP contribution in [-0.4, -0.2) is 11.8 Å². The maximum Gasteiger partial charge on any atom is 0.0585 e. The van der Waals surface area contributed by atoms with Crippen LogP contribution in [0, 0.1) is 5.92 Å². The summed E-state index contributed by atoms with van der Waals surface area (Å²) in [5.74, 6) is 0.608. The summed E-state index contributed by atoms with van der Waals surface area (Å²) in [4.78, 5) is 4.84. The SMILES string of the molecule is NC1=C2CCCC2=NC2CCCC12. The third-order valence-corrected chi connectivity index (χ3v) is 3.74. The van der Waals surface area contributed by atoms with Crippen LogP contribution < -0.4 is 5.73 Å². The van der Waals surface area contributed by atoms with Crippen LogP contribution in [0.4, 0.5) is 0 Å². The molecule has 0 radical (unpaired) electrons. The van der Waals surface area contributed by atoms with Crippen LogP contribution >= 0.6 is 0 Å². The summed E-state index contributed by atoms with van der Waals surface area (Å²) in [6.07, 6.45) is 7.50. The Balaban J connectivity index is 2.05. The van der Waals surface area contributed by atoms with E-state index in [-0.39, 0.29) is 0 Å². The Morgan fingerprint density at radius 1 is 1.15 bits per heavy atom. The summed E-state index contributed by atoms with van der Waals surface area (Å²) >= 11 is 0. The molecule has 0 aromatic carbocycles. The fraction of sp³-hybridized carbons (Fsp3) is 0.727. The van der Waals surface area contributed by atoms with Crippen molar-refractivity contribution in [2.24, 2.45) is 16.6 Å². The van der Waals surface area contributed by atoms with E-state index < -0.39 is 0 Å². The second-order valence-electron chi connectivity index (χ2n) is 4.47. The van der Waals surface area contributed by atoms with Gasteiger partial charge in [-0.25, -0.2) is 0 Å². The summed E-state index contributed by atoms with van der Waals surface area (Å²) in [6, 6.07) is 0.553. The van der Waals surface area contributed by atoms with Crippen LogP contribution in [0.25, 0.3) is 0 Å². The molecule has 0 aromatic rings. The van der Waals surface area contributed by atoms with Crippen molar-refractivity contribution in [1.29, 1.82) is 0 Å². The molecule has 2 aliphatic carbocycles. The monoisotopic (exact) mass is 176 g/mol. The highest BCUT2D eigenvalue weighted by Crippen LogP contribution is 2.40. The van der Waals surface area contributed by atoms with E-state index in [2.05, 4.69) is 0 Å². The molecular weight excluding hydrogens is 160 g/mol. The molecule has 0 bridgehead atoms. The van der Waals surface area contributed by atoms with Crippen molar-refractivity contribution < 1.29 is 0 Å². The summed E-state index contributed by atoms with van der Waals surface area (Å²) in [5, 5.41) is 0. The first-order valence-corrected chi connectivity index (χ1v) is 5.42. The molecule has 2 nitrogen and oxygen atoms in total. The highest BCUT2D eigenvalue weighted by Gasteiger charge is 2.36. The maximum atomic E-state index is 6.20. The van der Waals surface area contributed by atoms with Crippen LogP contribution in [0.1, 0.15) is 38.5 Å². The number of nitrogens with zero attached hydrogens (tertiary/aromatic N) is 1. The molecule has 0 aromatic heterocycles. The number of fused-ring (bicyclic) bond motifs is 2. The summed E-state index contributed by atoms with van der Waals surface area (Å²) in [5.41, 5.74) is 10.2. The maximum absolute atomic E-state index is 6.20. The normalized spacial score (nSPS) is 37.4. The standard InChI is InChI=1S/C11H16N2/c12-11-7-3-1-5-9(7)13-10-6-2-4-8(10)11/h7,9H,1-6,12H2. The Bertz CT molecular complexity index is 301. The third-order valence-electron chi connectivity index (χ3n) is 3.74. The van der Waals surface area contributed by atoms with Gasteiger partial charge in [-0.05, 0) is 37.7 Å². The minimum atomic E-state index is 0.553. The highest BCUT2D eigenvalue weighted by molar-refractivity contribution is 6.03. The predicted octanol–water partition coefficient (Wildman–Crippen LogP) is 2.01. The van der Waals surface area contributed by atoms with E-state index in [0.29, 0.717) is 12.0 Å². The molecule has 2 heteroatoms. The van der Waals surface area contributed by atoms with Gasteiger partial charge in [0.2, 0.25) is 0 Å². The smallest absolute Gasteiger partial charge is 0.0585 e. The van der Waals surface area contributed by atoms with Crippen molar-refractivity contribution in [3.05, 3.63) is 11.3 Å². The Kier molecular flexibility index (Phi) is 1.52. The molecule has 2 atom stereocenters. The summed E-state index contributed by atoms with van der Waals surface area (Å²) in [6.45, 7) is 0. The van der Waals surface area contributed by atoms with Gasteiger partial charge in [0.1, 0.15) is 0 Å². The van der Waals surface area contributed by atoms with Gasteiger partial charge in [-0.3, -0.25) is 4.99 Å². The van der Waals surface area contributed by atoms with E-state index in [1.54, 1.807) is 0 Å². The average molecular weight is 176 g/mol. The van der Waals surface area contributed by atoms with E-state index in [4.69, 9.17) is 10.7 Å². The lowest BCUT2D eigenvalue weighted by Gasteiger charge is -2.24. The molecule has 0 amide bonds. The zero-order chi connectivity index (χ0) is 8.84. The van der Waals surface area contributed by atoms with Crippen LogP contribution in [-0.2, 0) is 0 Å².